The normalized spacial score (nSPS) is 11.2. The van der Waals surface area contributed by atoms with E-state index in [4.69, 9.17) is 0 Å². The first-order chi connectivity index (χ1) is 9.34. The molecule has 1 aromatic carbocycles. The monoisotopic (exact) mass is 250 g/mol. The standard InChI is InChI=1S/C15H14N4/c1-19-11-12(13-6-2-3-7-14(13)19)10-17-18-15-8-4-5-9-16-15/h2-11H,1H3,(H,16,18)/b17-10+. The lowest BCUT2D eigenvalue weighted by Crippen LogP contribution is -1.92. The Kier molecular flexibility index (Phi) is 2.98. The van der Waals surface area contributed by atoms with Crippen molar-refractivity contribution in [2.75, 3.05) is 5.43 Å². The van der Waals surface area contributed by atoms with Crippen molar-refractivity contribution in [1.82, 2.24) is 9.55 Å². The number of benzene rings is 1. The van der Waals surface area contributed by atoms with Crippen LogP contribution in [0.3, 0.4) is 0 Å². The summed E-state index contributed by atoms with van der Waals surface area (Å²) in [5, 5.41) is 5.42. The molecule has 0 atom stereocenters. The van der Waals surface area contributed by atoms with Crippen LogP contribution in [0.2, 0.25) is 0 Å². The number of para-hydroxylation sites is 1. The number of hydrogen-bond acceptors (Lipinski definition) is 3. The molecule has 2 aromatic heterocycles. The number of rotatable bonds is 3. The molecular formula is C15H14N4. The zero-order valence-electron chi connectivity index (χ0n) is 10.6. The minimum Gasteiger partial charge on any atom is -0.350 e. The maximum absolute atomic E-state index is 4.22. The Hall–Kier alpha value is -2.62. The molecule has 0 unspecified atom stereocenters. The van der Waals surface area contributed by atoms with E-state index in [1.54, 1.807) is 6.20 Å². The minimum atomic E-state index is 0.735. The highest BCUT2D eigenvalue weighted by Gasteiger charge is 2.02. The number of anilines is 1. The van der Waals surface area contributed by atoms with Crippen LogP contribution >= 0.6 is 0 Å². The fourth-order valence-corrected chi connectivity index (χ4v) is 2.07. The lowest BCUT2D eigenvalue weighted by atomic mass is 10.2. The largest absolute Gasteiger partial charge is 0.350 e. The van der Waals surface area contributed by atoms with E-state index < -0.39 is 0 Å². The number of fused-ring (bicyclic) bond motifs is 1. The molecule has 0 radical (unpaired) electrons. The predicted molar refractivity (Wildman–Crippen MR) is 78.4 cm³/mol. The Labute approximate surface area is 111 Å². The van der Waals surface area contributed by atoms with Gasteiger partial charge in [0.15, 0.2) is 0 Å². The molecule has 0 aliphatic rings. The summed E-state index contributed by atoms with van der Waals surface area (Å²) >= 11 is 0. The Morgan fingerprint density at radius 3 is 2.84 bits per heavy atom. The maximum Gasteiger partial charge on any atom is 0.146 e. The van der Waals surface area contributed by atoms with Gasteiger partial charge in [-0.05, 0) is 18.2 Å². The van der Waals surface area contributed by atoms with E-state index in [1.807, 2.05) is 43.6 Å². The first kappa shape index (κ1) is 11.5. The third-order valence-electron chi connectivity index (χ3n) is 2.98. The van der Waals surface area contributed by atoms with Crippen molar-refractivity contribution >= 4 is 22.9 Å². The van der Waals surface area contributed by atoms with E-state index >= 15 is 0 Å². The predicted octanol–water partition coefficient (Wildman–Crippen LogP) is 3.02. The van der Waals surface area contributed by atoms with Gasteiger partial charge < -0.3 is 4.57 Å². The van der Waals surface area contributed by atoms with Crippen LogP contribution in [0.25, 0.3) is 10.9 Å². The van der Waals surface area contributed by atoms with Gasteiger partial charge in [0.2, 0.25) is 0 Å². The van der Waals surface area contributed by atoms with Gasteiger partial charge in [-0.25, -0.2) is 4.98 Å². The summed E-state index contributed by atoms with van der Waals surface area (Å²) < 4.78 is 2.09. The molecule has 94 valence electrons. The summed E-state index contributed by atoms with van der Waals surface area (Å²) in [6.45, 7) is 0. The van der Waals surface area contributed by atoms with Gasteiger partial charge in [0.05, 0.1) is 6.21 Å². The van der Waals surface area contributed by atoms with E-state index in [-0.39, 0.29) is 0 Å². The first-order valence-corrected chi connectivity index (χ1v) is 6.09. The molecule has 0 aliphatic carbocycles. The van der Waals surface area contributed by atoms with Gasteiger partial charge >= 0.3 is 0 Å². The van der Waals surface area contributed by atoms with Gasteiger partial charge in [0.1, 0.15) is 5.82 Å². The highest BCUT2D eigenvalue weighted by molar-refractivity contribution is 5.99. The Bertz CT molecular complexity index is 713. The first-order valence-electron chi connectivity index (χ1n) is 6.09. The van der Waals surface area contributed by atoms with Crippen molar-refractivity contribution in [2.45, 2.75) is 0 Å². The molecule has 3 aromatic rings. The van der Waals surface area contributed by atoms with Gasteiger partial charge in [-0.15, -0.1) is 0 Å². The summed E-state index contributed by atoms with van der Waals surface area (Å²) in [5.41, 5.74) is 5.20. The van der Waals surface area contributed by atoms with Crippen LogP contribution in [-0.4, -0.2) is 15.8 Å². The summed E-state index contributed by atoms with van der Waals surface area (Å²) in [4.78, 5) is 4.15. The van der Waals surface area contributed by atoms with E-state index in [0.717, 1.165) is 11.4 Å². The number of nitrogens with zero attached hydrogens (tertiary/aromatic N) is 3. The van der Waals surface area contributed by atoms with Crippen LogP contribution in [0.5, 0.6) is 0 Å². The Morgan fingerprint density at radius 1 is 1.16 bits per heavy atom. The molecule has 0 fully saturated rings. The molecule has 0 bridgehead atoms. The molecule has 19 heavy (non-hydrogen) atoms. The minimum absolute atomic E-state index is 0.735. The molecule has 0 spiro atoms. The highest BCUT2D eigenvalue weighted by atomic mass is 15.3. The fourth-order valence-electron chi connectivity index (χ4n) is 2.07. The van der Waals surface area contributed by atoms with Crippen LogP contribution in [0.1, 0.15) is 5.56 Å². The molecular weight excluding hydrogens is 236 g/mol. The summed E-state index contributed by atoms with van der Waals surface area (Å²) in [5.74, 6) is 0.735. The number of hydrazone groups is 1. The SMILES string of the molecule is Cn1cc(/C=N/Nc2ccccn2)c2ccccc21. The second-order valence-corrected chi connectivity index (χ2v) is 4.30. The average Bonchev–Trinajstić information content (AvgIpc) is 2.78. The third kappa shape index (κ3) is 2.33. The van der Waals surface area contributed by atoms with E-state index in [0.29, 0.717) is 0 Å². The molecule has 0 aliphatic heterocycles. The van der Waals surface area contributed by atoms with Crippen molar-refractivity contribution in [3.63, 3.8) is 0 Å². The van der Waals surface area contributed by atoms with E-state index in [1.165, 1.54) is 10.9 Å². The van der Waals surface area contributed by atoms with Crippen molar-refractivity contribution in [3.8, 4) is 0 Å². The number of pyridine rings is 1. The van der Waals surface area contributed by atoms with Gasteiger partial charge in [0, 0.05) is 35.9 Å². The molecule has 4 heteroatoms. The molecule has 0 saturated heterocycles. The lowest BCUT2D eigenvalue weighted by molar-refractivity contribution is 0.968. The van der Waals surface area contributed by atoms with Crippen molar-refractivity contribution < 1.29 is 0 Å². The van der Waals surface area contributed by atoms with Gasteiger partial charge in [-0.2, -0.15) is 5.10 Å². The lowest BCUT2D eigenvalue weighted by Gasteiger charge is -1.96. The van der Waals surface area contributed by atoms with Crippen molar-refractivity contribution in [3.05, 3.63) is 60.4 Å². The zero-order chi connectivity index (χ0) is 13.1. The summed E-state index contributed by atoms with van der Waals surface area (Å²) in [6.07, 6.45) is 5.61. The van der Waals surface area contributed by atoms with Crippen molar-refractivity contribution in [1.29, 1.82) is 0 Å². The van der Waals surface area contributed by atoms with E-state index in [2.05, 4.69) is 38.4 Å². The fraction of sp³-hybridized carbons (Fsp3) is 0.0667. The molecule has 4 nitrogen and oxygen atoms in total. The smallest absolute Gasteiger partial charge is 0.146 e. The molecule has 2 heterocycles. The molecule has 0 saturated carbocycles. The van der Waals surface area contributed by atoms with Crippen LogP contribution in [0.4, 0.5) is 5.82 Å². The van der Waals surface area contributed by atoms with Crippen LogP contribution in [0, 0.1) is 0 Å². The topological polar surface area (TPSA) is 42.2 Å². The molecule has 1 N–H and O–H groups in total. The molecule has 0 amide bonds. The van der Waals surface area contributed by atoms with Gasteiger partial charge in [0.25, 0.3) is 0 Å². The highest BCUT2D eigenvalue weighted by Crippen LogP contribution is 2.18. The van der Waals surface area contributed by atoms with Crippen LogP contribution in [0.15, 0.2) is 60.0 Å². The maximum atomic E-state index is 4.22. The average molecular weight is 250 g/mol. The number of aromatic nitrogens is 2. The van der Waals surface area contributed by atoms with Gasteiger partial charge in [-0.3, -0.25) is 5.43 Å². The quantitative estimate of drug-likeness (QED) is 0.573. The van der Waals surface area contributed by atoms with Crippen LogP contribution in [-0.2, 0) is 7.05 Å². The van der Waals surface area contributed by atoms with Crippen LogP contribution < -0.4 is 5.43 Å². The Balaban J connectivity index is 1.86. The zero-order valence-corrected chi connectivity index (χ0v) is 10.6. The number of nitrogens with one attached hydrogen (secondary N) is 1. The summed E-state index contributed by atoms with van der Waals surface area (Å²) in [7, 11) is 2.03. The van der Waals surface area contributed by atoms with Gasteiger partial charge in [-0.1, -0.05) is 24.3 Å². The van der Waals surface area contributed by atoms with Crippen molar-refractivity contribution in [2.24, 2.45) is 12.1 Å². The second kappa shape index (κ2) is 4.94. The Morgan fingerprint density at radius 2 is 2.00 bits per heavy atom. The number of aryl methyl sites for hydroxylation is 1. The third-order valence-corrected chi connectivity index (χ3v) is 2.98. The van der Waals surface area contributed by atoms with E-state index in [9.17, 15) is 0 Å². The number of hydrogen-bond donors (Lipinski definition) is 1. The second-order valence-electron chi connectivity index (χ2n) is 4.30. The molecule has 3 rings (SSSR count). The summed E-state index contributed by atoms with van der Waals surface area (Å²) in [6, 6.07) is 13.9.